The molecule has 0 saturated carbocycles. The van der Waals surface area contributed by atoms with Gasteiger partial charge in [-0.05, 0) is 6.42 Å². The fourth-order valence-corrected chi connectivity index (χ4v) is 0.825. The van der Waals surface area contributed by atoms with E-state index in [9.17, 15) is 0 Å². The van der Waals surface area contributed by atoms with Crippen molar-refractivity contribution in [3.05, 3.63) is 0 Å². The van der Waals surface area contributed by atoms with Gasteiger partial charge in [-0.25, -0.2) is 0 Å². The Labute approximate surface area is 98.5 Å². The first-order valence-corrected chi connectivity index (χ1v) is 4.73. The van der Waals surface area contributed by atoms with E-state index in [1.54, 1.807) is 0 Å². The van der Waals surface area contributed by atoms with Crippen molar-refractivity contribution in [2.24, 2.45) is 32.9 Å². The smallest absolute Gasteiger partial charge is 0.195 e. The maximum absolute atomic E-state index is 6.89. The molecule has 10 heteroatoms. The Hall–Kier alpha value is -2.52. The van der Waals surface area contributed by atoms with E-state index in [0.717, 1.165) is 0 Å². The van der Waals surface area contributed by atoms with Crippen molar-refractivity contribution >= 4 is 23.8 Å². The average Bonchev–Trinajstić information content (AvgIpc) is 2.14. The molecule has 0 spiro atoms. The zero-order valence-electron chi connectivity index (χ0n) is 9.33. The van der Waals surface area contributed by atoms with Gasteiger partial charge in [-0.15, -0.1) is 0 Å². The first kappa shape index (κ1) is 14.5. The van der Waals surface area contributed by atoms with Gasteiger partial charge >= 0.3 is 0 Å². The summed E-state index contributed by atoms with van der Waals surface area (Å²) in [6.07, 6.45) is 0.612. The summed E-state index contributed by atoms with van der Waals surface area (Å²) < 4.78 is 0. The van der Waals surface area contributed by atoms with Crippen molar-refractivity contribution in [2.45, 2.75) is 6.42 Å². The lowest BCUT2D eigenvalue weighted by atomic mass is 10.4. The molecule has 0 amide bonds. The summed E-state index contributed by atoms with van der Waals surface area (Å²) in [4.78, 5) is 7.77. The Morgan fingerprint density at radius 2 is 1.18 bits per heavy atom. The van der Waals surface area contributed by atoms with Gasteiger partial charge in [0.1, 0.15) is 0 Å². The lowest BCUT2D eigenvalue weighted by Crippen LogP contribution is -2.41. The van der Waals surface area contributed by atoms with Crippen molar-refractivity contribution in [1.82, 2.24) is 10.6 Å². The van der Waals surface area contributed by atoms with E-state index in [4.69, 9.17) is 33.8 Å². The third-order valence-electron chi connectivity index (χ3n) is 1.41. The molecule has 12 N–H and O–H groups in total. The molecule has 0 bridgehead atoms. The van der Waals surface area contributed by atoms with Gasteiger partial charge in [0.25, 0.3) is 0 Å². The largest absolute Gasteiger partial charge is 0.370 e. The molecule has 10 nitrogen and oxygen atoms in total. The Balaban J connectivity index is 3.78. The van der Waals surface area contributed by atoms with E-state index in [0.29, 0.717) is 19.5 Å². The summed E-state index contributed by atoms with van der Waals surface area (Å²) >= 11 is 0. The van der Waals surface area contributed by atoms with Gasteiger partial charge in [-0.3, -0.25) is 31.4 Å². The number of nitrogens with two attached hydrogens (primary N) is 4. The third-order valence-corrected chi connectivity index (χ3v) is 1.41. The SMILES string of the molecule is N=C(N)NC(N)=NCCCN=C(N)NC(=N)N. The first-order chi connectivity index (χ1) is 7.91. The topological polar surface area (TPSA) is 201 Å². The quantitative estimate of drug-likeness (QED) is 0.146. The number of aliphatic imine (C=N–C) groups is 2. The predicted octanol–water partition coefficient (Wildman–Crippen LogP) is -3.03. The average molecular weight is 242 g/mol. The van der Waals surface area contributed by atoms with E-state index >= 15 is 0 Å². The monoisotopic (exact) mass is 242 g/mol. The first-order valence-electron chi connectivity index (χ1n) is 4.73. The Kier molecular flexibility index (Phi) is 6.58. The minimum atomic E-state index is -0.265. The molecule has 0 rings (SSSR count). The summed E-state index contributed by atoms with van der Waals surface area (Å²) in [6.45, 7) is 0.839. The van der Waals surface area contributed by atoms with E-state index < -0.39 is 0 Å². The Bertz CT molecular complexity index is 298. The van der Waals surface area contributed by atoms with Crippen LogP contribution < -0.4 is 33.6 Å². The number of rotatable bonds is 4. The summed E-state index contributed by atoms with van der Waals surface area (Å²) in [5, 5.41) is 18.5. The molecule has 0 aromatic carbocycles. The number of hydrogen-bond acceptors (Lipinski definition) is 4. The maximum Gasteiger partial charge on any atom is 0.195 e. The van der Waals surface area contributed by atoms with Crippen LogP contribution in [0.1, 0.15) is 6.42 Å². The maximum atomic E-state index is 6.89. The highest BCUT2D eigenvalue weighted by Gasteiger charge is 1.93. The van der Waals surface area contributed by atoms with E-state index in [1.807, 2.05) is 0 Å². The zero-order valence-corrected chi connectivity index (χ0v) is 9.33. The zero-order chi connectivity index (χ0) is 13.3. The van der Waals surface area contributed by atoms with Gasteiger partial charge in [-0.1, -0.05) is 0 Å². The Morgan fingerprint density at radius 1 is 0.824 bits per heavy atom. The molecular weight excluding hydrogens is 224 g/mol. The molecule has 0 atom stereocenters. The van der Waals surface area contributed by atoms with Crippen LogP contribution in [0.25, 0.3) is 0 Å². The minimum Gasteiger partial charge on any atom is -0.370 e. The van der Waals surface area contributed by atoms with Gasteiger partial charge in [0.05, 0.1) is 0 Å². The molecule has 0 radical (unpaired) electrons. The van der Waals surface area contributed by atoms with Crippen LogP contribution in [-0.4, -0.2) is 36.9 Å². The van der Waals surface area contributed by atoms with Gasteiger partial charge in [0.2, 0.25) is 0 Å². The van der Waals surface area contributed by atoms with Crippen molar-refractivity contribution < 1.29 is 0 Å². The van der Waals surface area contributed by atoms with Crippen LogP contribution in [0.3, 0.4) is 0 Å². The van der Waals surface area contributed by atoms with Crippen molar-refractivity contribution in [2.75, 3.05) is 13.1 Å². The molecule has 0 aliphatic rings. The van der Waals surface area contributed by atoms with Crippen LogP contribution in [0.15, 0.2) is 9.98 Å². The minimum absolute atomic E-state index is 0.0799. The fourth-order valence-electron chi connectivity index (χ4n) is 0.825. The summed E-state index contributed by atoms with van der Waals surface area (Å²) in [5.74, 6) is -0.369. The molecule has 17 heavy (non-hydrogen) atoms. The highest BCUT2D eigenvalue weighted by Crippen LogP contribution is 1.82. The molecule has 96 valence electrons. The lowest BCUT2D eigenvalue weighted by Gasteiger charge is -2.02. The molecule has 0 aromatic rings. The molecule has 0 aromatic heterocycles. The molecule has 0 fully saturated rings. The lowest BCUT2D eigenvalue weighted by molar-refractivity contribution is 0.836. The number of nitrogens with one attached hydrogen (secondary N) is 4. The molecule has 0 unspecified atom stereocenters. The van der Waals surface area contributed by atoms with Crippen LogP contribution >= 0.6 is 0 Å². The van der Waals surface area contributed by atoms with E-state index in [1.165, 1.54) is 0 Å². The molecule has 0 aliphatic carbocycles. The summed E-state index contributed by atoms with van der Waals surface area (Å²) in [7, 11) is 0. The van der Waals surface area contributed by atoms with Crippen LogP contribution in [0.5, 0.6) is 0 Å². The van der Waals surface area contributed by atoms with Crippen molar-refractivity contribution in [3.8, 4) is 0 Å². The second-order valence-corrected chi connectivity index (χ2v) is 2.96. The van der Waals surface area contributed by atoms with Gasteiger partial charge in [-0.2, -0.15) is 0 Å². The molecule has 0 aliphatic heterocycles. The second kappa shape index (κ2) is 7.73. The normalized spacial score (nSPS) is 12.0. The van der Waals surface area contributed by atoms with Gasteiger partial charge < -0.3 is 22.9 Å². The van der Waals surface area contributed by atoms with Crippen molar-refractivity contribution in [1.29, 1.82) is 10.8 Å². The van der Waals surface area contributed by atoms with Crippen LogP contribution in [-0.2, 0) is 0 Å². The summed E-state index contributed by atoms with van der Waals surface area (Å²) in [5.41, 5.74) is 20.9. The second-order valence-electron chi connectivity index (χ2n) is 2.96. The van der Waals surface area contributed by atoms with Crippen molar-refractivity contribution in [3.63, 3.8) is 0 Å². The van der Waals surface area contributed by atoms with E-state index in [2.05, 4.69) is 20.6 Å². The standard InChI is InChI=1S/C7H18N10/c8-4(9)16-6(12)14-2-1-3-15-7(13)17-5(10)11/h1-3H2,(H6,8,9,12,14,16)(H6,10,11,13,15,17). The van der Waals surface area contributed by atoms with Crippen LogP contribution in [0, 0.1) is 10.8 Å². The van der Waals surface area contributed by atoms with Gasteiger partial charge in [0.15, 0.2) is 23.8 Å². The Morgan fingerprint density at radius 3 is 1.47 bits per heavy atom. The van der Waals surface area contributed by atoms with E-state index in [-0.39, 0.29) is 23.8 Å². The fraction of sp³-hybridized carbons (Fsp3) is 0.429. The summed E-state index contributed by atoms with van der Waals surface area (Å²) in [6, 6.07) is 0. The van der Waals surface area contributed by atoms with Crippen LogP contribution in [0.2, 0.25) is 0 Å². The number of guanidine groups is 4. The van der Waals surface area contributed by atoms with Crippen LogP contribution in [0.4, 0.5) is 0 Å². The highest BCUT2D eigenvalue weighted by atomic mass is 15.2. The number of nitrogens with zero attached hydrogens (tertiary/aromatic N) is 2. The predicted molar refractivity (Wildman–Crippen MR) is 67.7 cm³/mol. The third kappa shape index (κ3) is 9.78. The number of hydrogen-bond donors (Lipinski definition) is 8. The molecule has 0 heterocycles. The highest BCUT2D eigenvalue weighted by molar-refractivity contribution is 5.96. The molecular formula is C7H18N10. The van der Waals surface area contributed by atoms with Gasteiger partial charge in [0, 0.05) is 13.1 Å². The molecule has 0 saturated heterocycles.